The molecule has 1 N–H and O–H groups in total. The summed E-state index contributed by atoms with van der Waals surface area (Å²) < 4.78 is 0. The Hall–Kier alpha value is -1.43. The van der Waals surface area contributed by atoms with Crippen molar-refractivity contribution in [2.75, 3.05) is 19.6 Å². The number of thiazole rings is 1. The number of likely N-dealkylation sites (tertiary alicyclic amines) is 1. The fraction of sp³-hybridized carbons (Fsp3) is 0.762. The van der Waals surface area contributed by atoms with Crippen LogP contribution in [0.2, 0.25) is 0 Å². The summed E-state index contributed by atoms with van der Waals surface area (Å²) >= 11 is 1.74. The van der Waals surface area contributed by atoms with Crippen molar-refractivity contribution in [3.05, 3.63) is 16.1 Å². The second-order valence-corrected chi connectivity index (χ2v) is 9.32. The van der Waals surface area contributed by atoms with Crippen LogP contribution in [0.3, 0.4) is 0 Å². The van der Waals surface area contributed by atoms with Gasteiger partial charge in [-0.2, -0.15) is 0 Å². The molecule has 0 radical (unpaired) electrons. The number of aromatic nitrogens is 1. The molecule has 2 heterocycles. The maximum atomic E-state index is 12.6. The van der Waals surface area contributed by atoms with E-state index in [-0.39, 0.29) is 11.8 Å². The van der Waals surface area contributed by atoms with Crippen molar-refractivity contribution in [2.24, 2.45) is 11.8 Å². The van der Waals surface area contributed by atoms with Crippen molar-refractivity contribution in [3.8, 4) is 0 Å². The second kappa shape index (κ2) is 8.72. The van der Waals surface area contributed by atoms with Crippen LogP contribution in [0.4, 0.5) is 0 Å². The molecular formula is C21H31N3O2S. The number of nitrogens with one attached hydrogen (secondary N) is 1. The van der Waals surface area contributed by atoms with E-state index in [2.05, 4.69) is 15.6 Å². The molecule has 27 heavy (non-hydrogen) atoms. The van der Waals surface area contributed by atoms with Gasteiger partial charge in [-0.15, -0.1) is 11.3 Å². The maximum absolute atomic E-state index is 12.6. The Morgan fingerprint density at radius 1 is 1.04 bits per heavy atom. The summed E-state index contributed by atoms with van der Waals surface area (Å²) in [6, 6.07) is 0. The lowest BCUT2D eigenvalue weighted by molar-refractivity contribution is -0.136. The Morgan fingerprint density at radius 3 is 2.41 bits per heavy atom. The van der Waals surface area contributed by atoms with Crippen molar-refractivity contribution in [2.45, 2.75) is 70.1 Å². The molecule has 1 aromatic heterocycles. The molecule has 1 saturated heterocycles. The zero-order chi connectivity index (χ0) is 18.6. The summed E-state index contributed by atoms with van der Waals surface area (Å²) in [7, 11) is 0. The Kier molecular flexibility index (Phi) is 6.11. The molecule has 2 amide bonds. The van der Waals surface area contributed by atoms with E-state index in [1.165, 1.54) is 24.3 Å². The lowest BCUT2D eigenvalue weighted by Crippen LogP contribution is -2.40. The molecular weight excluding hydrogens is 358 g/mol. The molecule has 0 aromatic carbocycles. The van der Waals surface area contributed by atoms with Gasteiger partial charge in [0.15, 0.2) is 0 Å². The van der Waals surface area contributed by atoms with E-state index in [0.717, 1.165) is 63.7 Å². The fourth-order valence-corrected chi connectivity index (χ4v) is 5.56. The molecule has 3 aliphatic rings. The minimum Gasteiger partial charge on any atom is -0.355 e. The first-order valence-electron chi connectivity index (χ1n) is 10.7. The molecule has 148 valence electrons. The molecule has 5 nitrogen and oxygen atoms in total. The molecule has 0 bridgehead atoms. The van der Waals surface area contributed by atoms with Gasteiger partial charge in [0.05, 0.1) is 10.7 Å². The third-order valence-corrected chi connectivity index (χ3v) is 7.64. The number of hydrogen-bond acceptors (Lipinski definition) is 4. The summed E-state index contributed by atoms with van der Waals surface area (Å²) in [5, 5.41) is 6.40. The summed E-state index contributed by atoms with van der Waals surface area (Å²) in [6.45, 7) is 2.45. The van der Waals surface area contributed by atoms with Crippen LogP contribution in [0.15, 0.2) is 5.38 Å². The minimum absolute atomic E-state index is 0.219. The molecule has 6 heteroatoms. The first-order valence-corrected chi connectivity index (χ1v) is 11.6. The van der Waals surface area contributed by atoms with Gasteiger partial charge < -0.3 is 10.2 Å². The molecule has 3 fully saturated rings. The van der Waals surface area contributed by atoms with Crippen LogP contribution in [0.25, 0.3) is 0 Å². The lowest BCUT2D eigenvalue weighted by Gasteiger charge is -2.32. The first kappa shape index (κ1) is 18.9. The monoisotopic (exact) mass is 389 g/mol. The number of carbonyl (C=O) groups excluding carboxylic acids is 2. The van der Waals surface area contributed by atoms with E-state index < -0.39 is 0 Å². The predicted molar refractivity (Wildman–Crippen MR) is 107 cm³/mol. The van der Waals surface area contributed by atoms with Gasteiger partial charge in [0, 0.05) is 49.2 Å². The average Bonchev–Trinajstić information content (AvgIpc) is 3.32. The highest BCUT2D eigenvalue weighted by molar-refractivity contribution is 7.09. The van der Waals surface area contributed by atoms with Gasteiger partial charge >= 0.3 is 0 Å². The van der Waals surface area contributed by atoms with Gasteiger partial charge in [0.1, 0.15) is 0 Å². The first-order chi connectivity index (χ1) is 13.2. The smallest absolute Gasteiger partial charge is 0.225 e. The van der Waals surface area contributed by atoms with Crippen LogP contribution in [0.5, 0.6) is 0 Å². The van der Waals surface area contributed by atoms with Gasteiger partial charge in [-0.3, -0.25) is 9.59 Å². The largest absolute Gasteiger partial charge is 0.355 e. The van der Waals surface area contributed by atoms with Crippen LogP contribution in [0, 0.1) is 11.8 Å². The van der Waals surface area contributed by atoms with Crippen LogP contribution in [-0.2, 0) is 16.0 Å². The van der Waals surface area contributed by atoms with Gasteiger partial charge in [0.2, 0.25) is 11.8 Å². The van der Waals surface area contributed by atoms with Crippen molar-refractivity contribution in [3.63, 3.8) is 0 Å². The van der Waals surface area contributed by atoms with E-state index in [4.69, 9.17) is 4.98 Å². The zero-order valence-electron chi connectivity index (χ0n) is 16.1. The minimum atomic E-state index is 0.219. The maximum Gasteiger partial charge on any atom is 0.225 e. The van der Waals surface area contributed by atoms with Gasteiger partial charge in [-0.1, -0.05) is 19.3 Å². The summed E-state index contributed by atoms with van der Waals surface area (Å²) in [4.78, 5) is 31.4. The second-order valence-electron chi connectivity index (χ2n) is 8.43. The standard InChI is InChI=1S/C21H31N3O2S/c25-19(15-6-3-7-15)22-11-8-18-14-27-20(23-18)16-9-12-24(13-10-16)21(26)17-4-1-2-5-17/h14-17H,1-13H2,(H,22,25). The summed E-state index contributed by atoms with van der Waals surface area (Å²) in [5.74, 6) is 1.65. The fourth-order valence-electron chi connectivity index (χ4n) is 4.53. The number of piperidine rings is 1. The quantitative estimate of drug-likeness (QED) is 0.810. The average molecular weight is 390 g/mol. The number of carbonyl (C=O) groups is 2. The summed E-state index contributed by atoms with van der Waals surface area (Å²) in [6.07, 6.45) is 10.8. The molecule has 0 spiro atoms. The summed E-state index contributed by atoms with van der Waals surface area (Å²) in [5.41, 5.74) is 1.09. The lowest BCUT2D eigenvalue weighted by atomic mass is 9.85. The van der Waals surface area contributed by atoms with E-state index in [0.29, 0.717) is 24.3 Å². The van der Waals surface area contributed by atoms with Crippen molar-refractivity contribution < 1.29 is 9.59 Å². The molecule has 0 atom stereocenters. The van der Waals surface area contributed by atoms with Crippen molar-refractivity contribution >= 4 is 23.2 Å². The van der Waals surface area contributed by atoms with E-state index in [9.17, 15) is 9.59 Å². The number of rotatable bonds is 6. The molecule has 0 unspecified atom stereocenters. The Bertz CT molecular complexity index is 656. The predicted octanol–water partition coefficient (Wildman–Crippen LogP) is 3.50. The number of nitrogens with zero attached hydrogens (tertiary/aromatic N) is 2. The van der Waals surface area contributed by atoms with E-state index in [1.807, 2.05) is 0 Å². The van der Waals surface area contributed by atoms with Crippen molar-refractivity contribution in [1.82, 2.24) is 15.2 Å². The molecule has 1 aromatic rings. The van der Waals surface area contributed by atoms with Gasteiger partial charge in [-0.05, 0) is 38.5 Å². The molecule has 4 rings (SSSR count). The Labute approximate surface area is 165 Å². The number of amides is 2. The van der Waals surface area contributed by atoms with Crippen LogP contribution in [0.1, 0.15) is 74.4 Å². The topological polar surface area (TPSA) is 62.3 Å². The van der Waals surface area contributed by atoms with Gasteiger partial charge in [0.25, 0.3) is 0 Å². The van der Waals surface area contributed by atoms with Crippen LogP contribution >= 0.6 is 11.3 Å². The molecule has 2 saturated carbocycles. The van der Waals surface area contributed by atoms with E-state index in [1.54, 1.807) is 11.3 Å². The normalized spacial score (nSPS) is 22.0. The third kappa shape index (κ3) is 4.53. The van der Waals surface area contributed by atoms with Crippen LogP contribution in [-0.4, -0.2) is 41.3 Å². The van der Waals surface area contributed by atoms with Gasteiger partial charge in [-0.25, -0.2) is 4.98 Å². The highest BCUT2D eigenvalue weighted by Gasteiger charge is 2.31. The molecule has 1 aliphatic heterocycles. The van der Waals surface area contributed by atoms with Crippen molar-refractivity contribution in [1.29, 1.82) is 0 Å². The highest BCUT2D eigenvalue weighted by Crippen LogP contribution is 2.33. The Morgan fingerprint density at radius 2 is 1.74 bits per heavy atom. The Balaban J connectivity index is 1.21. The SMILES string of the molecule is O=C(NCCc1csc(C2CCN(C(=O)C3CCCC3)CC2)n1)C1CCC1. The molecule has 2 aliphatic carbocycles. The van der Waals surface area contributed by atoms with E-state index >= 15 is 0 Å². The zero-order valence-corrected chi connectivity index (χ0v) is 16.9. The number of hydrogen-bond donors (Lipinski definition) is 1. The highest BCUT2D eigenvalue weighted by atomic mass is 32.1. The third-order valence-electron chi connectivity index (χ3n) is 6.59. The van der Waals surface area contributed by atoms with Crippen LogP contribution < -0.4 is 5.32 Å².